The molecule has 50 heavy (non-hydrogen) atoms. The molecule has 1 nitrogen and oxygen atoms in total. The number of rotatable bonds is 6. The Morgan fingerprint density at radius 3 is 1.40 bits per heavy atom. The van der Waals surface area contributed by atoms with Gasteiger partial charge in [-0.1, -0.05) is 159 Å². The SMILES string of the molecule is CC1(C)c2cc(N(c3ccc(-c4ccccc4)cc3)c3ccc(-c4ccccc4)cc3)ccc2-c2c(-c3ccccc3)cc3ccccc3c21. The summed E-state index contributed by atoms with van der Waals surface area (Å²) in [5, 5.41) is 2.61. The Labute approximate surface area is 294 Å². The fourth-order valence-electron chi connectivity index (χ4n) is 7.98. The lowest BCUT2D eigenvalue weighted by molar-refractivity contribution is 0.666. The van der Waals surface area contributed by atoms with Crippen LogP contribution in [0.1, 0.15) is 25.0 Å². The zero-order chi connectivity index (χ0) is 33.7. The summed E-state index contributed by atoms with van der Waals surface area (Å²) in [6, 6.07) is 68.4. The van der Waals surface area contributed by atoms with Crippen molar-refractivity contribution in [1.82, 2.24) is 0 Å². The number of fused-ring (bicyclic) bond motifs is 5. The maximum atomic E-state index is 2.44. The fraction of sp³-hybridized carbons (Fsp3) is 0.0612. The predicted molar refractivity (Wildman–Crippen MR) is 213 cm³/mol. The lowest BCUT2D eigenvalue weighted by Gasteiger charge is -2.28. The molecule has 9 rings (SSSR count). The summed E-state index contributed by atoms with van der Waals surface area (Å²) in [6.45, 7) is 4.80. The van der Waals surface area contributed by atoms with Crippen molar-refractivity contribution in [2.24, 2.45) is 0 Å². The van der Waals surface area contributed by atoms with Crippen molar-refractivity contribution >= 4 is 27.8 Å². The van der Waals surface area contributed by atoms with Crippen LogP contribution in [0.4, 0.5) is 17.1 Å². The predicted octanol–water partition coefficient (Wildman–Crippen LogP) is 13.6. The van der Waals surface area contributed by atoms with Gasteiger partial charge in [0.1, 0.15) is 0 Å². The molecule has 1 aliphatic rings. The standard InChI is InChI=1S/C49H37N/c1-49(2)46-33-42(30-31-44(46)47-45(38-18-10-5-11-19-38)32-39-20-12-13-21-43(39)48(47)49)50(40-26-22-36(23-27-40)34-14-6-3-7-15-34)41-28-24-37(25-29-41)35-16-8-4-9-17-35/h3-33H,1-2H3. The van der Waals surface area contributed by atoms with Crippen molar-refractivity contribution in [3.05, 3.63) is 199 Å². The lowest BCUT2D eigenvalue weighted by atomic mass is 9.79. The average molecular weight is 640 g/mol. The van der Waals surface area contributed by atoms with Crippen LogP contribution in [0, 0.1) is 0 Å². The topological polar surface area (TPSA) is 3.24 Å². The first-order valence-corrected chi connectivity index (χ1v) is 17.4. The van der Waals surface area contributed by atoms with Gasteiger partial charge in [-0.15, -0.1) is 0 Å². The summed E-state index contributed by atoms with van der Waals surface area (Å²) in [6.07, 6.45) is 0. The molecule has 0 saturated carbocycles. The molecule has 0 saturated heterocycles. The highest BCUT2D eigenvalue weighted by molar-refractivity contribution is 6.05. The second-order valence-electron chi connectivity index (χ2n) is 13.8. The summed E-state index contributed by atoms with van der Waals surface area (Å²) in [4.78, 5) is 2.40. The second-order valence-corrected chi connectivity index (χ2v) is 13.8. The highest BCUT2D eigenvalue weighted by Gasteiger charge is 2.39. The van der Waals surface area contributed by atoms with E-state index < -0.39 is 0 Å². The summed E-state index contributed by atoms with van der Waals surface area (Å²) in [5.74, 6) is 0. The van der Waals surface area contributed by atoms with E-state index in [4.69, 9.17) is 0 Å². The van der Waals surface area contributed by atoms with Gasteiger partial charge in [-0.05, 0) is 109 Å². The highest BCUT2D eigenvalue weighted by Crippen LogP contribution is 2.56. The fourth-order valence-corrected chi connectivity index (χ4v) is 7.98. The maximum Gasteiger partial charge on any atom is 0.0465 e. The van der Waals surface area contributed by atoms with Crippen molar-refractivity contribution in [2.45, 2.75) is 19.3 Å². The Bertz CT molecular complexity index is 2380. The Hall–Kier alpha value is -6.18. The Morgan fingerprint density at radius 1 is 0.380 bits per heavy atom. The van der Waals surface area contributed by atoms with Gasteiger partial charge in [0.2, 0.25) is 0 Å². The van der Waals surface area contributed by atoms with Gasteiger partial charge in [-0.25, -0.2) is 0 Å². The molecular weight excluding hydrogens is 603 g/mol. The van der Waals surface area contributed by atoms with Crippen LogP contribution in [-0.2, 0) is 5.41 Å². The molecular formula is C49H37N. The number of benzene rings is 8. The van der Waals surface area contributed by atoms with Gasteiger partial charge in [0, 0.05) is 22.5 Å². The molecule has 0 amide bonds. The van der Waals surface area contributed by atoms with Crippen LogP contribution in [-0.4, -0.2) is 0 Å². The van der Waals surface area contributed by atoms with Crippen LogP contribution < -0.4 is 4.90 Å². The Balaban J connectivity index is 1.21. The van der Waals surface area contributed by atoms with E-state index in [-0.39, 0.29) is 5.41 Å². The minimum Gasteiger partial charge on any atom is -0.310 e. The maximum absolute atomic E-state index is 2.44. The quantitative estimate of drug-likeness (QED) is 0.175. The Morgan fingerprint density at radius 2 is 0.840 bits per heavy atom. The molecule has 0 aliphatic heterocycles. The largest absolute Gasteiger partial charge is 0.310 e. The van der Waals surface area contributed by atoms with Crippen molar-refractivity contribution in [1.29, 1.82) is 0 Å². The number of hydrogen-bond donors (Lipinski definition) is 0. The van der Waals surface area contributed by atoms with E-state index in [1.807, 2.05) is 0 Å². The van der Waals surface area contributed by atoms with Crippen molar-refractivity contribution in [2.75, 3.05) is 4.90 Å². The average Bonchev–Trinajstić information content (AvgIpc) is 3.42. The smallest absolute Gasteiger partial charge is 0.0465 e. The van der Waals surface area contributed by atoms with Crippen LogP contribution >= 0.6 is 0 Å². The molecule has 0 heterocycles. The summed E-state index contributed by atoms with van der Waals surface area (Å²) in [7, 11) is 0. The van der Waals surface area contributed by atoms with Crippen molar-refractivity contribution in [3.63, 3.8) is 0 Å². The number of nitrogens with zero attached hydrogens (tertiary/aromatic N) is 1. The Kier molecular flexibility index (Phi) is 7.21. The molecule has 0 spiro atoms. The van der Waals surface area contributed by atoms with E-state index in [1.165, 1.54) is 66.4 Å². The zero-order valence-electron chi connectivity index (χ0n) is 28.3. The van der Waals surface area contributed by atoms with E-state index in [0.29, 0.717) is 0 Å². The van der Waals surface area contributed by atoms with E-state index >= 15 is 0 Å². The third kappa shape index (κ3) is 5.02. The third-order valence-electron chi connectivity index (χ3n) is 10.4. The zero-order valence-corrected chi connectivity index (χ0v) is 28.3. The highest BCUT2D eigenvalue weighted by atomic mass is 15.1. The molecule has 0 radical (unpaired) electrons. The van der Waals surface area contributed by atoms with Gasteiger partial charge >= 0.3 is 0 Å². The molecule has 0 N–H and O–H groups in total. The van der Waals surface area contributed by atoms with Crippen LogP contribution in [0.5, 0.6) is 0 Å². The summed E-state index contributed by atoms with van der Waals surface area (Å²) in [5.41, 5.74) is 16.0. The third-order valence-corrected chi connectivity index (χ3v) is 10.4. The molecule has 0 unspecified atom stereocenters. The van der Waals surface area contributed by atoms with Crippen molar-refractivity contribution < 1.29 is 0 Å². The van der Waals surface area contributed by atoms with Crippen LogP contribution in [0.3, 0.4) is 0 Å². The first-order chi connectivity index (χ1) is 24.6. The second kappa shape index (κ2) is 12.1. The monoisotopic (exact) mass is 639 g/mol. The molecule has 1 aliphatic carbocycles. The molecule has 0 aromatic heterocycles. The van der Waals surface area contributed by atoms with Gasteiger partial charge in [-0.3, -0.25) is 0 Å². The minimum absolute atomic E-state index is 0.203. The van der Waals surface area contributed by atoms with Crippen LogP contribution in [0.25, 0.3) is 55.3 Å². The van der Waals surface area contributed by atoms with Gasteiger partial charge in [0.15, 0.2) is 0 Å². The van der Waals surface area contributed by atoms with Gasteiger partial charge in [-0.2, -0.15) is 0 Å². The van der Waals surface area contributed by atoms with E-state index in [2.05, 4.69) is 207 Å². The summed E-state index contributed by atoms with van der Waals surface area (Å²) < 4.78 is 0. The lowest BCUT2D eigenvalue weighted by Crippen LogP contribution is -2.17. The minimum atomic E-state index is -0.203. The van der Waals surface area contributed by atoms with Crippen molar-refractivity contribution in [3.8, 4) is 44.5 Å². The van der Waals surface area contributed by atoms with Gasteiger partial charge in [0.25, 0.3) is 0 Å². The summed E-state index contributed by atoms with van der Waals surface area (Å²) >= 11 is 0. The van der Waals surface area contributed by atoms with Gasteiger partial charge in [0.05, 0.1) is 0 Å². The molecule has 1 heteroatoms. The molecule has 0 fully saturated rings. The van der Waals surface area contributed by atoms with E-state index in [9.17, 15) is 0 Å². The van der Waals surface area contributed by atoms with Gasteiger partial charge < -0.3 is 4.90 Å². The first-order valence-electron chi connectivity index (χ1n) is 17.4. The molecule has 8 aromatic rings. The molecule has 0 bridgehead atoms. The van der Waals surface area contributed by atoms with Crippen LogP contribution in [0.2, 0.25) is 0 Å². The normalized spacial score (nSPS) is 12.8. The molecule has 0 atom stereocenters. The number of anilines is 3. The molecule has 238 valence electrons. The van der Waals surface area contributed by atoms with E-state index in [0.717, 1.165) is 17.1 Å². The number of hydrogen-bond acceptors (Lipinski definition) is 1. The molecule has 8 aromatic carbocycles. The van der Waals surface area contributed by atoms with E-state index in [1.54, 1.807) is 0 Å². The van der Waals surface area contributed by atoms with Crippen LogP contribution in [0.15, 0.2) is 188 Å². The first kappa shape index (κ1) is 29.9.